The van der Waals surface area contributed by atoms with Crippen LogP contribution in [-0.4, -0.2) is 40.4 Å². The topological polar surface area (TPSA) is 86.2 Å². The fourth-order valence-corrected chi connectivity index (χ4v) is 4.21. The number of thiazole rings is 1. The molecule has 4 rings (SSSR count). The van der Waals surface area contributed by atoms with E-state index in [1.165, 1.54) is 11.3 Å². The van der Waals surface area contributed by atoms with Crippen LogP contribution in [0.3, 0.4) is 0 Å². The van der Waals surface area contributed by atoms with Crippen LogP contribution in [0.2, 0.25) is 0 Å². The number of rotatable bonds is 6. The number of carbonyl (C=O) groups is 1. The van der Waals surface area contributed by atoms with Crippen molar-refractivity contribution in [3.8, 4) is 16.3 Å². The largest absolute Gasteiger partial charge is 0.486 e. The van der Waals surface area contributed by atoms with E-state index in [1.807, 2.05) is 6.92 Å². The third-order valence-corrected chi connectivity index (χ3v) is 6.46. The van der Waals surface area contributed by atoms with Crippen LogP contribution in [0.15, 0.2) is 24.4 Å². The highest BCUT2D eigenvalue weighted by atomic mass is 32.1. The van der Waals surface area contributed by atoms with Gasteiger partial charge in [0.1, 0.15) is 21.9 Å². The molecule has 12 heteroatoms. The summed E-state index contributed by atoms with van der Waals surface area (Å²) in [5.41, 5.74) is 1.01. The molecule has 0 radical (unpaired) electrons. The van der Waals surface area contributed by atoms with Gasteiger partial charge >= 0.3 is 6.18 Å². The first-order chi connectivity index (χ1) is 14.7. The first-order valence-electron chi connectivity index (χ1n) is 9.23. The molecule has 0 aliphatic carbocycles. The number of nitrogens with one attached hydrogen (secondary N) is 1. The molecule has 1 amide bonds. The normalized spacial score (nSPS) is 15.4. The molecule has 1 aliphatic rings. The fraction of sp³-hybridized carbons (Fsp3) is 0.368. The van der Waals surface area contributed by atoms with Crippen LogP contribution in [0.1, 0.15) is 38.2 Å². The molecule has 31 heavy (non-hydrogen) atoms. The van der Waals surface area contributed by atoms with Crippen LogP contribution in [0.5, 0.6) is 5.75 Å². The zero-order chi connectivity index (χ0) is 22.2. The second kappa shape index (κ2) is 8.52. The minimum atomic E-state index is -4.57. The Balaban J connectivity index is 1.57. The number of amides is 1. The number of nitrogens with zero attached hydrogens (tertiary/aromatic N) is 3. The summed E-state index contributed by atoms with van der Waals surface area (Å²) < 4.78 is 49.3. The maximum Gasteiger partial charge on any atom is 0.445 e. The molecule has 3 aromatic rings. The molecule has 1 atom stereocenters. The monoisotopic (exact) mass is 470 g/mol. The van der Waals surface area contributed by atoms with Gasteiger partial charge in [0.25, 0.3) is 5.91 Å². The quantitative estimate of drug-likeness (QED) is 0.580. The van der Waals surface area contributed by atoms with E-state index in [9.17, 15) is 18.0 Å². The van der Waals surface area contributed by atoms with E-state index in [0.29, 0.717) is 41.4 Å². The van der Waals surface area contributed by atoms with Crippen molar-refractivity contribution < 1.29 is 27.4 Å². The smallest absolute Gasteiger partial charge is 0.445 e. The molecule has 0 saturated carbocycles. The number of hydrogen-bond acceptors (Lipinski definition) is 8. The first kappa shape index (κ1) is 21.7. The van der Waals surface area contributed by atoms with Crippen molar-refractivity contribution in [2.75, 3.05) is 13.2 Å². The summed E-state index contributed by atoms with van der Waals surface area (Å²) in [4.78, 5) is 18.2. The molecule has 0 unspecified atom stereocenters. The minimum absolute atomic E-state index is 0.0652. The number of ether oxygens (including phenoxy) is 2. The standard InChI is InChI=1S/C19H17F3N4O3S2/c1-9-6-23-17(30-9)12-3-11(4-13(5-12)29-14-7-28-8-14)15(27)24-10(2)16-25-26-18(31-16)19(20,21)22/h3-6,10,14H,7-8H2,1-2H3,(H,24,27)/t10-/m0/s1. The SMILES string of the molecule is Cc1cnc(-c2cc(OC3COC3)cc(C(=O)N[C@@H](C)c3nnc(C(F)(F)F)s3)c2)s1. The van der Waals surface area contributed by atoms with Gasteiger partial charge in [-0.25, -0.2) is 4.98 Å². The van der Waals surface area contributed by atoms with Gasteiger partial charge in [0.15, 0.2) is 0 Å². The van der Waals surface area contributed by atoms with Crippen LogP contribution in [0.4, 0.5) is 13.2 Å². The third kappa shape index (κ3) is 5.02. The molecule has 1 fully saturated rings. The van der Waals surface area contributed by atoms with Crippen LogP contribution in [0.25, 0.3) is 10.6 Å². The second-order valence-corrected chi connectivity index (χ2v) is 9.18. The van der Waals surface area contributed by atoms with Crippen molar-refractivity contribution in [2.45, 2.75) is 32.2 Å². The predicted octanol–water partition coefficient (Wildman–Crippen LogP) is 4.26. The highest BCUT2D eigenvalue weighted by Gasteiger charge is 2.36. The Hall–Kier alpha value is -2.57. The Labute approximate surface area is 183 Å². The van der Waals surface area contributed by atoms with Gasteiger partial charge in [0.05, 0.1) is 19.3 Å². The average Bonchev–Trinajstić information content (AvgIpc) is 3.33. The third-order valence-electron chi connectivity index (χ3n) is 4.35. The molecular weight excluding hydrogens is 453 g/mol. The number of hydrogen-bond donors (Lipinski definition) is 1. The lowest BCUT2D eigenvalue weighted by molar-refractivity contribution is -0.138. The van der Waals surface area contributed by atoms with E-state index >= 15 is 0 Å². The van der Waals surface area contributed by atoms with Crippen molar-refractivity contribution in [3.05, 3.63) is 44.9 Å². The maximum atomic E-state index is 12.9. The molecular formula is C19H17F3N4O3S2. The van der Waals surface area contributed by atoms with Crippen LogP contribution in [-0.2, 0) is 10.9 Å². The summed E-state index contributed by atoms with van der Waals surface area (Å²) >= 11 is 1.88. The van der Waals surface area contributed by atoms with Gasteiger partial charge in [-0.15, -0.1) is 21.5 Å². The van der Waals surface area contributed by atoms with Gasteiger partial charge in [0.2, 0.25) is 5.01 Å². The maximum absolute atomic E-state index is 12.9. The van der Waals surface area contributed by atoms with Crippen molar-refractivity contribution in [1.82, 2.24) is 20.5 Å². The number of aromatic nitrogens is 3. The van der Waals surface area contributed by atoms with Crippen LogP contribution < -0.4 is 10.1 Å². The zero-order valence-electron chi connectivity index (χ0n) is 16.4. The summed E-state index contributed by atoms with van der Waals surface area (Å²) in [5.74, 6) is 0.0211. The number of carbonyl (C=O) groups excluding carboxylic acids is 1. The Morgan fingerprint density at radius 2 is 2.03 bits per heavy atom. The van der Waals surface area contributed by atoms with Gasteiger partial charge in [0, 0.05) is 22.2 Å². The molecule has 1 aliphatic heterocycles. The van der Waals surface area contributed by atoms with E-state index in [1.54, 1.807) is 31.3 Å². The van der Waals surface area contributed by atoms with Crippen molar-refractivity contribution in [2.24, 2.45) is 0 Å². The number of aryl methyl sites for hydroxylation is 1. The van der Waals surface area contributed by atoms with Crippen molar-refractivity contribution in [1.29, 1.82) is 0 Å². The molecule has 1 saturated heterocycles. The minimum Gasteiger partial charge on any atom is -0.486 e. The van der Waals surface area contributed by atoms with Gasteiger partial charge in [-0.3, -0.25) is 4.79 Å². The lowest BCUT2D eigenvalue weighted by Crippen LogP contribution is -2.38. The summed E-state index contributed by atoms with van der Waals surface area (Å²) in [5, 5.41) is 9.14. The number of halogens is 3. The Morgan fingerprint density at radius 3 is 2.61 bits per heavy atom. The van der Waals surface area contributed by atoms with Gasteiger partial charge in [-0.05, 0) is 32.0 Å². The molecule has 0 bridgehead atoms. The summed E-state index contributed by atoms with van der Waals surface area (Å²) in [6, 6.07) is 4.31. The molecule has 7 nitrogen and oxygen atoms in total. The lowest BCUT2D eigenvalue weighted by atomic mass is 10.1. The number of benzene rings is 1. The molecule has 1 N–H and O–H groups in total. The van der Waals surface area contributed by atoms with Gasteiger partial charge in [-0.1, -0.05) is 11.3 Å². The Kier molecular flexibility index (Phi) is 5.95. The number of alkyl halides is 3. The summed E-state index contributed by atoms with van der Waals surface area (Å²) in [6.45, 7) is 4.42. The molecule has 0 spiro atoms. The molecule has 2 aromatic heterocycles. The molecule has 1 aromatic carbocycles. The predicted molar refractivity (Wildman–Crippen MR) is 108 cm³/mol. The Morgan fingerprint density at radius 1 is 1.26 bits per heavy atom. The van der Waals surface area contributed by atoms with Crippen molar-refractivity contribution >= 4 is 28.6 Å². The van der Waals surface area contributed by atoms with Crippen LogP contribution >= 0.6 is 22.7 Å². The highest BCUT2D eigenvalue weighted by molar-refractivity contribution is 7.15. The summed E-state index contributed by atoms with van der Waals surface area (Å²) in [7, 11) is 0. The van der Waals surface area contributed by atoms with E-state index in [0.717, 1.165) is 9.88 Å². The van der Waals surface area contributed by atoms with Crippen LogP contribution in [0, 0.1) is 6.92 Å². The van der Waals surface area contributed by atoms with Gasteiger partial charge < -0.3 is 14.8 Å². The van der Waals surface area contributed by atoms with E-state index in [-0.39, 0.29) is 11.1 Å². The second-order valence-electron chi connectivity index (χ2n) is 6.94. The average molecular weight is 470 g/mol. The van der Waals surface area contributed by atoms with E-state index < -0.39 is 23.1 Å². The lowest BCUT2D eigenvalue weighted by Gasteiger charge is -2.27. The van der Waals surface area contributed by atoms with E-state index in [4.69, 9.17) is 9.47 Å². The Bertz CT molecular complexity index is 1100. The van der Waals surface area contributed by atoms with E-state index in [2.05, 4.69) is 20.5 Å². The summed E-state index contributed by atoms with van der Waals surface area (Å²) in [6.07, 6.45) is -2.93. The fourth-order valence-electron chi connectivity index (χ4n) is 2.75. The molecule has 164 valence electrons. The van der Waals surface area contributed by atoms with Crippen molar-refractivity contribution in [3.63, 3.8) is 0 Å². The molecule has 3 heterocycles. The highest BCUT2D eigenvalue weighted by Crippen LogP contribution is 2.34. The zero-order valence-corrected chi connectivity index (χ0v) is 18.0. The first-order valence-corrected chi connectivity index (χ1v) is 10.9. The van der Waals surface area contributed by atoms with Gasteiger partial charge in [-0.2, -0.15) is 13.2 Å².